The van der Waals surface area contributed by atoms with Crippen molar-refractivity contribution >= 4 is 6.03 Å². The molecule has 2 aromatic rings. The number of halogens is 2. The number of aromatic nitrogens is 2. The fraction of sp³-hybridized carbons (Fsp3) is 0.476. The molecule has 3 fully saturated rings. The van der Waals surface area contributed by atoms with Gasteiger partial charge in [0.15, 0.2) is 0 Å². The topological polar surface area (TPSA) is 91.4 Å². The minimum atomic E-state index is -0.640. The van der Waals surface area contributed by atoms with Gasteiger partial charge in [-0.05, 0) is 42.4 Å². The van der Waals surface area contributed by atoms with E-state index in [0.717, 1.165) is 24.5 Å². The highest BCUT2D eigenvalue weighted by Gasteiger charge is 2.47. The number of hydrogen-bond donors (Lipinski definition) is 3. The fourth-order valence-corrected chi connectivity index (χ4v) is 5.13. The summed E-state index contributed by atoms with van der Waals surface area (Å²) in [6.07, 6.45) is 5.24. The van der Waals surface area contributed by atoms with Crippen molar-refractivity contribution in [2.45, 2.75) is 37.5 Å². The number of benzene rings is 1. The summed E-state index contributed by atoms with van der Waals surface area (Å²) in [5, 5.41) is 3.09. The van der Waals surface area contributed by atoms with Crippen molar-refractivity contribution < 1.29 is 18.3 Å². The largest absolute Gasteiger partial charge is 0.467 e. The molecule has 2 aliphatic heterocycles. The minimum absolute atomic E-state index is 0.0558. The second-order valence-corrected chi connectivity index (χ2v) is 8.49. The number of rotatable bonds is 4. The maximum Gasteiger partial charge on any atom is 0.317 e. The fourth-order valence-electron chi connectivity index (χ4n) is 5.13. The van der Waals surface area contributed by atoms with Crippen LogP contribution in [0.5, 0.6) is 6.01 Å². The Balaban J connectivity index is 1.30. The van der Waals surface area contributed by atoms with Gasteiger partial charge in [-0.2, -0.15) is 0 Å². The maximum absolute atomic E-state index is 13.6. The summed E-state index contributed by atoms with van der Waals surface area (Å²) in [5.41, 5.74) is 8.14. The van der Waals surface area contributed by atoms with Crippen LogP contribution < -0.4 is 20.9 Å². The third-order valence-corrected chi connectivity index (χ3v) is 6.56. The van der Waals surface area contributed by atoms with Gasteiger partial charge in [-0.1, -0.05) is 0 Å². The maximum atomic E-state index is 13.6. The Bertz CT molecular complexity index is 955. The highest BCUT2D eigenvalue weighted by Crippen LogP contribution is 2.41. The lowest BCUT2D eigenvalue weighted by Gasteiger charge is -2.45. The lowest BCUT2D eigenvalue weighted by atomic mass is 9.71. The van der Waals surface area contributed by atoms with Crippen molar-refractivity contribution in [3.8, 4) is 6.01 Å². The van der Waals surface area contributed by atoms with E-state index in [1.54, 1.807) is 17.3 Å². The van der Waals surface area contributed by atoms with Crippen molar-refractivity contribution in [3.05, 3.63) is 53.4 Å². The number of hydrazine groups is 1. The van der Waals surface area contributed by atoms with Gasteiger partial charge in [-0.25, -0.2) is 29.0 Å². The molecule has 3 heterocycles. The monoisotopic (exact) mass is 430 g/mol. The molecule has 0 spiro atoms. The molecule has 1 saturated carbocycles. The third kappa shape index (κ3) is 3.92. The molecule has 2 amide bonds. The summed E-state index contributed by atoms with van der Waals surface area (Å²) in [4.78, 5) is 22.7. The average molecular weight is 430 g/mol. The number of nitrogens with zero attached hydrogens (tertiary/aromatic N) is 3. The van der Waals surface area contributed by atoms with Gasteiger partial charge in [0.1, 0.15) is 11.6 Å². The molecule has 2 saturated heterocycles. The molecular weight excluding hydrogens is 406 g/mol. The number of urea groups is 1. The number of hydrogen-bond acceptors (Lipinski definition) is 6. The van der Waals surface area contributed by atoms with Crippen LogP contribution >= 0.6 is 0 Å². The Morgan fingerprint density at radius 3 is 2.55 bits per heavy atom. The van der Waals surface area contributed by atoms with Crippen molar-refractivity contribution in [3.63, 3.8) is 0 Å². The summed E-state index contributed by atoms with van der Waals surface area (Å²) >= 11 is 0. The lowest BCUT2D eigenvalue weighted by molar-refractivity contribution is 0.0960. The van der Waals surface area contributed by atoms with E-state index in [2.05, 4.69) is 26.1 Å². The van der Waals surface area contributed by atoms with Crippen LogP contribution in [0.1, 0.15) is 30.0 Å². The first-order chi connectivity index (χ1) is 15.0. The molecule has 164 valence electrons. The zero-order valence-corrected chi connectivity index (χ0v) is 17.0. The van der Waals surface area contributed by atoms with Gasteiger partial charge in [-0.15, -0.1) is 0 Å². The van der Waals surface area contributed by atoms with Gasteiger partial charge in [0.2, 0.25) is 0 Å². The van der Waals surface area contributed by atoms with Crippen molar-refractivity contribution in [2.75, 3.05) is 13.7 Å². The Labute approximate surface area is 178 Å². The minimum Gasteiger partial charge on any atom is -0.467 e. The van der Waals surface area contributed by atoms with Crippen LogP contribution in [0, 0.1) is 23.5 Å². The Morgan fingerprint density at radius 1 is 1.10 bits per heavy atom. The van der Waals surface area contributed by atoms with Crippen LogP contribution in [-0.4, -0.2) is 46.6 Å². The van der Waals surface area contributed by atoms with Crippen LogP contribution in [0.2, 0.25) is 0 Å². The molecule has 3 aliphatic rings. The molecule has 5 unspecified atom stereocenters. The van der Waals surface area contributed by atoms with Gasteiger partial charge in [-0.3, -0.25) is 5.43 Å². The third-order valence-electron chi connectivity index (χ3n) is 6.56. The van der Waals surface area contributed by atoms with Crippen LogP contribution in [0.3, 0.4) is 0 Å². The average Bonchev–Trinajstić information content (AvgIpc) is 3.15. The SMILES string of the molecule is COc1ncc(C2NNC3CC4NC(=O)N(Cc5cc(F)cc(F)c5)CC4CC32)cn1. The van der Waals surface area contributed by atoms with E-state index in [1.165, 1.54) is 19.2 Å². The number of fused-ring (bicyclic) bond motifs is 2. The van der Waals surface area contributed by atoms with E-state index in [1.807, 2.05) is 0 Å². The zero-order valence-electron chi connectivity index (χ0n) is 17.0. The highest BCUT2D eigenvalue weighted by atomic mass is 19.1. The lowest BCUT2D eigenvalue weighted by Crippen LogP contribution is -2.60. The van der Waals surface area contributed by atoms with Crippen molar-refractivity contribution in [1.82, 2.24) is 31.0 Å². The molecule has 5 atom stereocenters. The second kappa shape index (κ2) is 8.01. The van der Waals surface area contributed by atoms with E-state index < -0.39 is 11.6 Å². The number of methoxy groups -OCH3 is 1. The first-order valence-corrected chi connectivity index (χ1v) is 10.4. The molecule has 1 aromatic carbocycles. The molecule has 0 radical (unpaired) electrons. The van der Waals surface area contributed by atoms with Gasteiger partial charge in [0, 0.05) is 49.2 Å². The van der Waals surface area contributed by atoms with Gasteiger partial charge in [0.05, 0.1) is 13.2 Å². The van der Waals surface area contributed by atoms with Crippen LogP contribution in [0.15, 0.2) is 30.6 Å². The van der Waals surface area contributed by atoms with Gasteiger partial charge >= 0.3 is 12.0 Å². The molecule has 31 heavy (non-hydrogen) atoms. The number of ether oxygens (including phenoxy) is 1. The quantitative estimate of drug-likeness (QED) is 0.687. The summed E-state index contributed by atoms with van der Waals surface area (Å²) in [6, 6.07) is 3.84. The Kier molecular flexibility index (Phi) is 5.19. The molecule has 8 nitrogen and oxygen atoms in total. The highest BCUT2D eigenvalue weighted by molar-refractivity contribution is 5.75. The van der Waals surface area contributed by atoms with Crippen molar-refractivity contribution in [2.24, 2.45) is 11.8 Å². The summed E-state index contributed by atoms with van der Waals surface area (Å²) in [5.74, 6) is -0.737. The van der Waals surface area contributed by atoms with E-state index >= 15 is 0 Å². The molecule has 5 rings (SSSR count). The second-order valence-electron chi connectivity index (χ2n) is 8.49. The smallest absolute Gasteiger partial charge is 0.317 e. The summed E-state index contributed by atoms with van der Waals surface area (Å²) in [6.45, 7) is 0.716. The van der Waals surface area contributed by atoms with Crippen LogP contribution in [0.25, 0.3) is 0 Å². The Hall–Kier alpha value is -2.85. The predicted molar refractivity (Wildman–Crippen MR) is 107 cm³/mol. The molecule has 1 aliphatic carbocycles. The number of carbonyl (C=O) groups excluding carboxylic acids is 1. The van der Waals surface area contributed by atoms with Crippen LogP contribution in [-0.2, 0) is 6.54 Å². The van der Waals surface area contributed by atoms with E-state index in [-0.39, 0.29) is 36.6 Å². The molecule has 0 bridgehead atoms. The first kappa shape index (κ1) is 20.1. The summed E-state index contributed by atoms with van der Waals surface area (Å²) in [7, 11) is 1.53. The van der Waals surface area contributed by atoms with E-state index in [4.69, 9.17) is 4.74 Å². The molecule has 10 heteroatoms. The predicted octanol–water partition coefficient (Wildman–Crippen LogP) is 1.90. The van der Waals surface area contributed by atoms with Crippen LogP contribution in [0.4, 0.5) is 13.6 Å². The number of carbonyl (C=O) groups is 1. The zero-order chi connectivity index (χ0) is 21.5. The summed E-state index contributed by atoms with van der Waals surface area (Å²) < 4.78 is 32.2. The number of amides is 2. The normalized spacial score (nSPS) is 29.8. The standard InChI is InChI=1S/C21H24F2N6O2/c1-31-20-24-7-13(8-25-20)19-16-4-12-10-29(9-11-2-14(22)5-15(23)3-11)21(30)26-17(12)6-18(16)27-28-19/h2-3,5,7-8,12,16-19,27-28H,4,6,9-10H2,1H3,(H,26,30). The first-order valence-electron chi connectivity index (χ1n) is 10.4. The number of nitrogens with one attached hydrogen (secondary N) is 3. The Morgan fingerprint density at radius 2 is 1.84 bits per heavy atom. The van der Waals surface area contributed by atoms with E-state index in [9.17, 15) is 13.6 Å². The molecular formula is C21H24F2N6O2. The van der Waals surface area contributed by atoms with Crippen molar-refractivity contribution in [1.29, 1.82) is 0 Å². The van der Waals surface area contributed by atoms with Gasteiger partial charge < -0.3 is 15.0 Å². The molecule has 1 aromatic heterocycles. The van der Waals surface area contributed by atoms with Gasteiger partial charge in [0.25, 0.3) is 0 Å². The van der Waals surface area contributed by atoms with E-state index in [0.29, 0.717) is 24.0 Å². The molecule has 3 N–H and O–H groups in total.